The van der Waals surface area contributed by atoms with Crippen LogP contribution in [0.1, 0.15) is 38.2 Å². The Bertz CT molecular complexity index is 988. The second-order valence-corrected chi connectivity index (χ2v) is 8.78. The first-order valence-corrected chi connectivity index (χ1v) is 11.2. The van der Waals surface area contributed by atoms with Gasteiger partial charge in [-0.2, -0.15) is 0 Å². The molecule has 0 saturated heterocycles. The van der Waals surface area contributed by atoms with E-state index in [1.54, 1.807) is 12.1 Å². The molecule has 0 aromatic heterocycles. The van der Waals surface area contributed by atoms with Gasteiger partial charge in [-0.3, -0.25) is 14.5 Å². The number of ether oxygens (including phenoxy) is 1. The summed E-state index contributed by atoms with van der Waals surface area (Å²) in [4.78, 5) is 27.6. The van der Waals surface area contributed by atoms with Crippen LogP contribution in [0, 0.1) is 5.92 Å². The lowest BCUT2D eigenvalue weighted by Gasteiger charge is -2.32. The lowest BCUT2D eigenvalue weighted by atomic mass is 9.86. The highest BCUT2D eigenvalue weighted by Gasteiger charge is 2.32. The molecule has 5 nitrogen and oxygen atoms in total. The van der Waals surface area contributed by atoms with Crippen LogP contribution < -0.4 is 15.0 Å². The molecule has 2 atom stereocenters. The second kappa shape index (κ2) is 9.04. The number of rotatable bonds is 4. The van der Waals surface area contributed by atoms with Gasteiger partial charge in [0.2, 0.25) is 5.91 Å². The molecule has 156 valence electrons. The highest BCUT2D eigenvalue weighted by atomic mass is 79.9. The van der Waals surface area contributed by atoms with Crippen molar-refractivity contribution in [2.45, 2.75) is 38.6 Å². The lowest BCUT2D eigenvalue weighted by molar-refractivity contribution is -0.124. The van der Waals surface area contributed by atoms with Crippen LogP contribution in [0.2, 0.25) is 0 Å². The number of carbonyl (C=O) groups is 2. The minimum absolute atomic E-state index is 0.0320. The first kappa shape index (κ1) is 20.7. The Morgan fingerprint density at radius 2 is 1.90 bits per heavy atom. The van der Waals surface area contributed by atoms with E-state index in [9.17, 15) is 9.59 Å². The Labute approximate surface area is 185 Å². The van der Waals surface area contributed by atoms with E-state index in [4.69, 9.17) is 4.74 Å². The summed E-state index contributed by atoms with van der Waals surface area (Å²) in [6, 6.07) is 15.1. The summed E-state index contributed by atoms with van der Waals surface area (Å²) >= 11 is 3.50. The quantitative estimate of drug-likeness (QED) is 0.648. The molecule has 0 unspecified atom stereocenters. The van der Waals surface area contributed by atoms with Gasteiger partial charge in [0, 0.05) is 10.5 Å². The Kier molecular flexibility index (Phi) is 6.23. The Morgan fingerprint density at radius 3 is 2.70 bits per heavy atom. The minimum atomic E-state index is -0.323. The van der Waals surface area contributed by atoms with Gasteiger partial charge in [0.1, 0.15) is 6.54 Å². The van der Waals surface area contributed by atoms with Crippen LogP contribution in [0.3, 0.4) is 0 Å². The Morgan fingerprint density at radius 1 is 1.17 bits per heavy atom. The molecule has 6 heteroatoms. The molecular formula is C24H25BrN2O3. The van der Waals surface area contributed by atoms with Gasteiger partial charge in [-0.05, 0) is 48.6 Å². The molecule has 30 heavy (non-hydrogen) atoms. The van der Waals surface area contributed by atoms with E-state index in [0.717, 1.165) is 29.3 Å². The third-order valence-corrected chi connectivity index (χ3v) is 6.51. The van der Waals surface area contributed by atoms with Crippen molar-refractivity contribution >= 4 is 39.5 Å². The van der Waals surface area contributed by atoms with Crippen LogP contribution in [-0.4, -0.2) is 24.4 Å². The van der Waals surface area contributed by atoms with E-state index in [1.807, 2.05) is 42.5 Å². The van der Waals surface area contributed by atoms with Crippen LogP contribution in [0.25, 0.3) is 6.08 Å². The summed E-state index contributed by atoms with van der Waals surface area (Å²) in [5, 5.41) is 3.14. The van der Waals surface area contributed by atoms with Crippen LogP contribution in [0.15, 0.2) is 58.8 Å². The van der Waals surface area contributed by atoms with Crippen molar-refractivity contribution in [1.29, 1.82) is 0 Å². The molecule has 1 saturated carbocycles. The molecule has 2 aliphatic rings. The summed E-state index contributed by atoms with van der Waals surface area (Å²) < 4.78 is 6.76. The molecule has 4 rings (SSSR count). The second-order valence-electron chi connectivity index (χ2n) is 7.93. The van der Waals surface area contributed by atoms with Gasteiger partial charge in [-0.15, -0.1) is 0 Å². The van der Waals surface area contributed by atoms with Crippen molar-refractivity contribution in [2.24, 2.45) is 5.92 Å². The minimum Gasteiger partial charge on any atom is -0.449 e. The number of hydrogen-bond donors (Lipinski definition) is 1. The first-order chi connectivity index (χ1) is 14.5. The standard InChI is InChI=1S/C24H25BrN2O3/c1-16-8-2-5-11-19(16)26-23(28)15-27-20-12-6-7-13-21(20)30-22(24(27)29)14-17-9-3-4-10-18(17)25/h3-4,6-7,9-10,12-14,16,19H,2,5,8,11,15H2,1H3,(H,26,28)/b22-14+/t16-,19-/m1/s1. The molecular weight excluding hydrogens is 444 g/mol. The zero-order valence-corrected chi connectivity index (χ0v) is 18.5. The normalized spacial score (nSPS) is 22.4. The molecule has 2 aromatic carbocycles. The van der Waals surface area contributed by atoms with Crippen molar-refractivity contribution in [1.82, 2.24) is 5.32 Å². The van der Waals surface area contributed by atoms with Gasteiger partial charge in [0.15, 0.2) is 11.5 Å². The van der Waals surface area contributed by atoms with Gasteiger partial charge in [-0.1, -0.05) is 66.0 Å². The molecule has 1 fully saturated rings. The fourth-order valence-electron chi connectivity index (χ4n) is 4.08. The molecule has 2 amide bonds. The van der Waals surface area contributed by atoms with E-state index < -0.39 is 0 Å². The average molecular weight is 469 g/mol. The summed E-state index contributed by atoms with van der Waals surface area (Å²) in [6.07, 6.45) is 6.17. The predicted molar refractivity (Wildman–Crippen MR) is 121 cm³/mol. The number of amides is 2. The number of para-hydroxylation sites is 2. The van der Waals surface area contributed by atoms with Crippen molar-refractivity contribution < 1.29 is 14.3 Å². The van der Waals surface area contributed by atoms with Gasteiger partial charge >= 0.3 is 0 Å². The molecule has 0 spiro atoms. The molecule has 1 N–H and O–H groups in total. The lowest BCUT2D eigenvalue weighted by Crippen LogP contribution is -2.48. The topological polar surface area (TPSA) is 58.6 Å². The number of hydrogen-bond acceptors (Lipinski definition) is 3. The number of halogens is 1. The third kappa shape index (κ3) is 4.43. The van der Waals surface area contributed by atoms with Crippen LogP contribution in [0.4, 0.5) is 5.69 Å². The summed E-state index contributed by atoms with van der Waals surface area (Å²) in [5.74, 6) is 0.755. The highest BCUT2D eigenvalue weighted by Crippen LogP contribution is 2.36. The summed E-state index contributed by atoms with van der Waals surface area (Å²) in [6.45, 7) is 2.15. The first-order valence-electron chi connectivity index (χ1n) is 10.4. The van der Waals surface area contributed by atoms with Crippen molar-refractivity contribution in [3.05, 3.63) is 64.3 Å². The number of carbonyl (C=O) groups excluding carboxylic acids is 2. The van der Waals surface area contributed by atoms with E-state index in [0.29, 0.717) is 17.4 Å². The smallest absolute Gasteiger partial charge is 0.294 e. The molecule has 1 aliphatic heterocycles. The zero-order chi connectivity index (χ0) is 21.1. The molecule has 2 aromatic rings. The SMILES string of the molecule is C[C@@H]1CCCC[C@H]1NC(=O)CN1C(=O)/C(=C\c2ccccc2Br)Oc2ccccc21. The van der Waals surface area contributed by atoms with Crippen molar-refractivity contribution in [3.63, 3.8) is 0 Å². The average Bonchev–Trinajstić information content (AvgIpc) is 2.74. The molecule has 1 heterocycles. The monoisotopic (exact) mass is 468 g/mol. The Hall–Kier alpha value is -2.60. The van der Waals surface area contributed by atoms with Crippen LogP contribution in [0.5, 0.6) is 5.75 Å². The fourth-order valence-corrected chi connectivity index (χ4v) is 4.48. The third-order valence-electron chi connectivity index (χ3n) is 5.78. The van der Waals surface area contributed by atoms with Gasteiger partial charge < -0.3 is 10.1 Å². The van der Waals surface area contributed by atoms with Gasteiger partial charge in [0.25, 0.3) is 5.91 Å². The molecule has 0 radical (unpaired) electrons. The van der Waals surface area contributed by atoms with Crippen LogP contribution >= 0.6 is 15.9 Å². The van der Waals surface area contributed by atoms with Crippen molar-refractivity contribution in [3.8, 4) is 5.75 Å². The van der Waals surface area contributed by atoms with E-state index in [-0.39, 0.29) is 30.2 Å². The van der Waals surface area contributed by atoms with Gasteiger partial charge in [-0.25, -0.2) is 0 Å². The largest absolute Gasteiger partial charge is 0.449 e. The van der Waals surface area contributed by atoms with E-state index >= 15 is 0 Å². The number of fused-ring (bicyclic) bond motifs is 1. The number of benzene rings is 2. The maximum absolute atomic E-state index is 13.2. The summed E-state index contributed by atoms with van der Waals surface area (Å²) in [5.41, 5.74) is 1.44. The zero-order valence-electron chi connectivity index (χ0n) is 16.9. The maximum atomic E-state index is 13.2. The Balaban J connectivity index is 1.58. The fraction of sp³-hybridized carbons (Fsp3) is 0.333. The summed E-state index contributed by atoms with van der Waals surface area (Å²) in [7, 11) is 0. The maximum Gasteiger partial charge on any atom is 0.294 e. The number of nitrogens with one attached hydrogen (secondary N) is 1. The number of anilines is 1. The highest BCUT2D eigenvalue weighted by molar-refractivity contribution is 9.10. The predicted octanol–water partition coefficient (Wildman–Crippen LogP) is 4.91. The van der Waals surface area contributed by atoms with E-state index in [1.165, 1.54) is 11.3 Å². The van der Waals surface area contributed by atoms with E-state index in [2.05, 4.69) is 28.2 Å². The van der Waals surface area contributed by atoms with Crippen LogP contribution in [-0.2, 0) is 9.59 Å². The molecule has 0 bridgehead atoms. The van der Waals surface area contributed by atoms with Gasteiger partial charge in [0.05, 0.1) is 5.69 Å². The van der Waals surface area contributed by atoms with Crippen molar-refractivity contribution in [2.75, 3.05) is 11.4 Å². The molecule has 1 aliphatic carbocycles. The number of nitrogens with zero attached hydrogens (tertiary/aromatic N) is 1.